The van der Waals surface area contributed by atoms with Crippen LogP contribution in [-0.2, 0) is 11.2 Å². The summed E-state index contributed by atoms with van der Waals surface area (Å²) < 4.78 is 0. The van der Waals surface area contributed by atoms with Crippen LogP contribution in [0.4, 0.5) is 0 Å². The average molecular weight is 340 g/mol. The molecule has 0 saturated heterocycles. The number of nitrogens with zero attached hydrogens (tertiary/aromatic N) is 2. The smallest absolute Gasteiger partial charge is 0.196 e. The Kier molecular flexibility index (Phi) is 5.87. The SMILES string of the molecule is CN(C(N)=NC1=C(C=O)CCNC1)C(Cc1ccccc1)C1CCC1. The Bertz CT molecular complexity index is 649. The second-order valence-corrected chi connectivity index (χ2v) is 7.05. The van der Waals surface area contributed by atoms with Gasteiger partial charge in [-0.2, -0.15) is 0 Å². The molecule has 1 atom stereocenters. The quantitative estimate of drug-likeness (QED) is 0.473. The van der Waals surface area contributed by atoms with Gasteiger partial charge in [0.15, 0.2) is 5.96 Å². The van der Waals surface area contributed by atoms with Gasteiger partial charge in [-0.05, 0) is 43.7 Å². The second-order valence-electron chi connectivity index (χ2n) is 7.05. The molecule has 0 aromatic heterocycles. The Morgan fingerprint density at radius 2 is 2.16 bits per heavy atom. The lowest BCUT2D eigenvalue weighted by Gasteiger charge is -2.40. The predicted octanol–water partition coefficient (Wildman–Crippen LogP) is 2.09. The molecule has 5 nitrogen and oxygen atoms in total. The van der Waals surface area contributed by atoms with E-state index in [1.165, 1.54) is 24.8 Å². The first kappa shape index (κ1) is 17.7. The molecule has 2 aliphatic rings. The monoisotopic (exact) mass is 340 g/mol. The van der Waals surface area contributed by atoms with Crippen LogP contribution < -0.4 is 11.1 Å². The summed E-state index contributed by atoms with van der Waals surface area (Å²) >= 11 is 0. The minimum atomic E-state index is 0.344. The van der Waals surface area contributed by atoms with Crippen LogP contribution in [0, 0.1) is 5.92 Å². The topological polar surface area (TPSA) is 70.7 Å². The van der Waals surface area contributed by atoms with E-state index in [1.807, 2.05) is 13.1 Å². The van der Waals surface area contributed by atoms with Gasteiger partial charge in [-0.1, -0.05) is 36.8 Å². The van der Waals surface area contributed by atoms with Crippen molar-refractivity contribution in [3.8, 4) is 0 Å². The Morgan fingerprint density at radius 1 is 1.40 bits per heavy atom. The maximum Gasteiger partial charge on any atom is 0.196 e. The molecule has 0 spiro atoms. The molecule has 0 bridgehead atoms. The van der Waals surface area contributed by atoms with Crippen LogP contribution in [0.5, 0.6) is 0 Å². The van der Waals surface area contributed by atoms with Gasteiger partial charge in [-0.25, -0.2) is 4.99 Å². The first-order valence-electron chi connectivity index (χ1n) is 9.18. The number of carbonyl (C=O) groups excluding carboxylic acids is 1. The number of hydrogen-bond acceptors (Lipinski definition) is 3. The Balaban J connectivity index is 1.78. The molecular weight excluding hydrogens is 312 g/mol. The molecule has 0 radical (unpaired) electrons. The molecule has 1 saturated carbocycles. The van der Waals surface area contributed by atoms with Gasteiger partial charge in [-0.3, -0.25) is 4.79 Å². The van der Waals surface area contributed by atoms with E-state index in [1.54, 1.807) is 0 Å². The van der Waals surface area contributed by atoms with Crippen molar-refractivity contribution >= 4 is 12.2 Å². The molecule has 1 aliphatic heterocycles. The highest BCUT2D eigenvalue weighted by Crippen LogP contribution is 2.33. The number of benzene rings is 1. The number of nitrogens with two attached hydrogens (primary N) is 1. The van der Waals surface area contributed by atoms with Crippen molar-refractivity contribution < 1.29 is 4.79 Å². The van der Waals surface area contributed by atoms with Crippen LogP contribution in [0.3, 0.4) is 0 Å². The van der Waals surface area contributed by atoms with Gasteiger partial charge >= 0.3 is 0 Å². The van der Waals surface area contributed by atoms with E-state index >= 15 is 0 Å². The van der Waals surface area contributed by atoms with E-state index in [-0.39, 0.29) is 0 Å². The fourth-order valence-corrected chi connectivity index (χ4v) is 3.61. The van der Waals surface area contributed by atoms with Crippen LogP contribution in [0.2, 0.25) is 0 Å². The predicted molar refractivity (Wildman–Crippen MR) is 101 cm³/mol. The number of rotatable bonds is 6. The van der Waals surface area contributed by atoms with Gasteiger partial charge in [0.2, 0.25) is 0 Å². The Morgan fingerprint density at radius 3 is 2.80 bits per heavy atom. The van der Waals surface area contributed by atoms with E-state index in [0.29, 0.717) is 24.5 Å². The van der Waals surface area contributed by atoms with Crippen LogP contribution in [-0.4, -0.2) is 43.3 Å². The summed E-state index contributed by atoms with van der Waals surface area (Å²) in [6.45, 7) is 1.43. The summed E-state index contributed by atoms with van der Waals surface area (Å²) in [5, 5.41) is 3.26. The highest BCUT2D eigenvalue weighted by molar-refractivity contribution is 5.82. The number of aldehydes is 1. The number of hydrogen-bond donors (Lipinski definition) is 2. The highest BCUT2D eigenvalue weighted by atomic mass is 16.1. The molecule has 5 heteroatoms. The van der Waals surface area contributed by atoms with Gasteiger partial charge in [0.25, 0.3) is 0 Å². The van der Waals surface area contributed by atoms with E-state index in [4.69, 9.17) is 5.73 Å². The molecule has 0 amide bonds. The lowest BCUT2D eigenvalue weighted by Crippen LogP contribution is -2.48. The molecule has 134 valence electrons. The van der Waals surface area contributed by atoms with Crippen molar-refractivity contribution in [1.29, 1.82) is 0 Å². The van der Waals surface area contributed by atoms with Crippen molar-refractivity contribution in [2.45, 2.75) is 38.1 Å². The lowest BCUT2D eigenvalue weighted by atomic mass is 9.77. The molecular formula is C20H28N4O. The fraction of sp³-hybridized carbons (Fsp3) is 0.500. The highest BCUT2D eigenvalue weighted by Gasteiger charge is 2.31. The number of likely N-dealkylation sites (N-methyl/N-ethyl adjacent to an activating group) is 1. The number of aliphatic imine (C=N–C) groups is 1. The van der Waals surface area contributed by atoms with Crippen molar-refractivity contribution in [1.82, 2.24) is 10.2 Å². The first-order chi connectivity index (χ1) is 12.2. The summed E-state index contributed by atoms with van der Waals surface area (Å²) in [7, 11) is 2.03. The minimum absolute atomic E-state index is 0.344. The number of guanidine groups is 1. The van der Waals surface area contributed by atoms with Gasteiger partial charge < -0.3 is 16.0 Å². The number of carbonyl (C=O) groups is 1. The third kappa shape index (κ3) is 4.28. The summed E-state index contributed by atoms with van der Waals surface area (Å²) in [6.07, 6.45) is 6.40. The van der Waals surface area contributed by atoms with Crippen LogP contribution in [0.1, 0.15) is 31.2 Å². The van der Waals surface area contributed by atoms with Crippen molar-refractivity contribution in [3.63, 3.8) is 0 Å². The number of nitrogens with one attached hydrogen (secondary N) is 1. The van der Waals surface area contributed by atoms with E-state index in [0.717, 1.165) is 36.9 Å². The molecule has 3 rings (SSSR count). The van der Waals surface area contributed by atoms with Crippen molar-refractivity contribution in [2.75, 3.05) is 20.1 Å². The van der Waals surface area contributed by atoms with Crippen molar-refractivity contribution in [3.05, 3.63) is 47.2 Å². The van der Waals surface area contributed by atoms with E-state index in [2.05, 4.69) is 39.5 Å². The minimum Gasteiger partial charge on any atom is -0.369 e. The standard InChI is InChI=1S/C20H28N4O/c1-24(20(21)23-18-13-22-11-10-17(18)14-25)19(16-8-5-9-16)12-15-6-3-2-4-7-15/h2-4,6-7,14,16,19,22H,5,8-13H2,1H3,(H2,21,23). The van der Waals surface area contributed by atoms with Crippen LogP contribution in [0.15, 0.2) is 46.6 Å². The molecule has 1 heterocycles. The largest absolute Gasteiger partial charge is 0.369 e. The van der Waals surface area contributed by atoms with Gasteiger partial charge in [0.05, 0.1) is 5.70 Å². The fourth-order valence-electron chi connectivity index (χ4n) is 3.61. The van der Waals surface area contributed by atoms with Gasteiger partial charge in [-0.15, -0.1) is 0 Å². The lowest BCUT2D eigenvalue weighted by molar-refractivity contribution is -0.105. The van der Waals surface area contributed by atoms with Crippen LogP contribution in [0.25, 0.3) is 0 Å². The molecule has 25 heavy (non-hydrogen) atoms. The van der Waals surface area contributed by atoms with Gasteiger partial charge in [0.1, 0.15) is 6.29 Å². The average Bonchev–Trinajstić information content (AvgIpc) is 2.60. The third-order valence-electron chi connectivity index (χ3n) is 5.47. The zero-order valence-corrected chi connectivity index (χ0v) is 14.9. The Hall–Kier alpha value is -2.14. The zero-order chi connectivity index (χ0) is 17.6. The molecule has 1 aromatic carbocycles. The van der Waals surface area contributed by atoms with Gasteiger partial charge in [0, 0.05) is 25.2 Å². The molecule has 1 aromatic rings. The molecule has 1 unspecified atom stereocenters. The van der Waals surface area contributed by atoms with E-state index < -0.39 is 0 Å². The van der Waals surface area contributed by atoms with Crippen LogP contribution >= 0.6 is 0 Å². The summed E-state index contributed by atoms with van der Waals surface area (Å²) in [4.78, 5) is 18.0. The molecule has 1 aliphatic carbocycles. The maximum absolute atomic E-state index is 11.3. The summed E-state index contributed by atoms with van der Waals surface area (Å²) in [5.41, 5.74) is 9.20. The molecule has 3 N–H and O–H groups in total. The summed E-state index contributed by atoms with van der Waals surface area (Å²) in [5.74, 6) is 1.16. The Labute approximate surface area is 150 Å². The zero-order valence-electron chi connectivity index (χ0n) is 14.9. The molecule has 1 fully saturated rings. The van der Waals surface area contributed by atoms with E-state index in [9.17, 15) is 4.79 Å². The first-order valence-corrected chi connectivity index (χ1v) is 9.18. The summed E-state index contributed by atoms with van der Waals surface area (Å²) in [6, 6.07) is 10.9. The normalized spacial score (nSPS) is 20.1. The maximum atomic E-state index is 11.3. The third-order valence-corrected chi connectivity index (χ3v) is 5.47. The second kappa shape index (κ2) is 8.30. The van der Waals surface area contributed by atoms with Crippen molar-refractivity contribution in [2.24, 2.45) is 16.6 Å².